The zero-order valence-electron chi connectivity index (χ0n) is 9.34. The summed E-state index contributed by atoms with van der Waals surface area (Å²) >= 11 is 0. The summed E-state index contributed by atoms with van der Waals surface area (Å²) in [5.41, 5.74) is 0. The lowest BCUT2D eigenvalue weighted by Gasteiger charge is -2.08. The highest BCUT2D eigenvalue weighted by Gasteiger charge is 2.13. The minimum atomic E-state index is -0.204. The standard InChI is InChI=1S/C11H20O3/c1-4-6-10(12)7-9(3)8-11(13)14-5-2/h9H,4-8H2,1-3H3. The van der Waals surface area contributed by atoms with Gasteiger partial charge in [0.25, 0.3) is 0 Å². The lowest BCUT2D eigenvalue weighted by molar-refractivity contribution is -0.144. The maximum absolute atomic E-state index is 11.2. The monoisotopic (exact) mass is 200 g/mol. The molecule has 0 aliphatic heterocycles. The Balaban J connectivity index is 3.68. The van der Waals surface area contributed by atoms with Crippen molar-refractivity contribution in [3.05, 3.63) is 0 Å². The molecule has 0 aliphatic carbocycles. The summed E-state index contributed by atoms with van der Waals surface area (Å²) in [6.07, 6.45) is 2.34. The Morgan fingerprint density at radius 2 is 1.86 bits per heavy atom. The van der Waals surface area contributed by atoms with Gasteiger partial charge in [0.05, 0.1) is 6.61 Å². The molecule has 0 saturated heterocycles. The van der Waals surface area contributed by atoms with Crippen LogP contribution in [0.1, 0.15) is 46.5 Å². The van der Waals surface area contributed by atoms with Gasteiger partial charge in [-0.2, -0.15) is 0 Å². The normalized spacial score (nSPS) is 12.2. The summed E-state index contributed by atoms with van der Waals surface area (Å²) in [4.78, 5) is 22.3. The second-order valence-electron chi connectivity index (χ2n) is 3.61. The van der Waals surface area contributed by atoms with Crippen molar-refractivity contribution >= 4 is 11.8 Å². The number of esters is 1. The fourth-order valence-electron chi connectivity index (χ4n) is 1.35. The molecule has 0 aromatic rings. The zero-order valence-corrected chi connectivity index (χ0v) is 9.34. The topological polar surface area (TPSA) is 43.4 Å². The van der Waals surface area contributed by atoms with Gasteiger partial charge in [0, 0.05) is 19.3 Å². The molecule has 0 saturated carbocycles. The predicted molar refractivity (Wildman–Crippen MR) is 54.9 cm³/mol. The highest BCUT2D eigenvalue weighted by Crippen LogP contribution is 2.11. The van der Waals surface area contributed by atoms with Crippen LogP contribution < -0.4 is 0 Å². The second-order valence-corrected chi connectivity index (χ2v) is 3.61. The molecule has 1 atom stereocenters. The Hall–Kier alpha value is -0.860. The molecule has 0 spiro atoms. The largest absolute Gasteiger partial charge is 0.466 e. The quantitative estimate of drug-likeness (QED) is 0.592. The third-order valence-corrected chi connectivity index (χ3v) is 1.93. The average molecular weight is 200 g/mol. The summed E-state index contributed by atoms with van der Waals surface area (Å²) in [6, 6.07) is 0. The van der Waals surface area contributed by atoms with Gasteiger partial charge in [-0.15, -0.1) is 0 Å². The van der Waals surface area contributed by atoms with Gasteiger partial charge in [-0.3, -0.25) is 9.59 Å². The maximum Gasteiger partial charge on any atom is 0.306 e. The van der Waals surface area contributed by atoms with Gasteiger partial charge in [0.1, 0.15) is 5.78 Å². The van der Waals surface area contributed by atoms with Crippen LogP contribution in [0.2, 0.25) is 0 Å². The van der Waals surface area contributed by atoms with E-state index in [0.717, 1.165) is 6.42 Å². The minimum Gasteiger partial charge on any atom is -0.466 e. The summed E-state index contributed by atoms with van der Waals surface area (Å²) in [5.74, 6) is 0.140. The molecule has 1 unspecified atom stereocenters. The molecule has 0 amide bonds. The van der Waals surface area contributed by atoms with E-state index in [0.29, 0.717) is 25.9 Å². The van der Waals surface area contributed by atoms with Crippen molar-refractivity contribution in [1.29, 1.82) is 0 Å². The van der Waals surface area contributed by atoms with Crippen LogP contribution in [-0.4, -0.2) is 18.4 Å². The lowest BCUT2D eigenvalue weighted by Crippen LogP contribution is -2.12. The molecule has 0 aromatic carbocycles. The lowest BCUT2D eigenvalue weighted by atomic mass is 9.99. The van der Waals surface area contributed by atoms with E-state index in [4.69, 9.17) is 4.74 Å². The van der Waals surface area contributed by atoms with Crippen molar-refractivity contribution in [2.45, 2.75) is 46.5 Å². The summed E-state index contributed by atoms with van der Waals surface area (Å²) in [5, 5.41) is 0. The van der Waals surface area contributed by atoms with Crippen LogP contribution in [0.15, 0.2) is 0 Å². The summed E-state index contributed by atoms with van der Waals surface area (Å²) in [6.45, 7) is 6.08. The number of ketones is 1. The Morgan fingerprint density at radius 1 is 1.21 bits per heavy atom. The van der Waals surface area contributed by atoms with E-state index < -0.39 is 0 Å². The SMILES string of the molecule is CCCC(=O)CC(C)CC(=O)OCC. The number of ether oxygens (including phenoxy) is 1. The third-order valence-electron chi connectivity index (χ3n) is 1.93. The van der Waals surface area contributed by atoms with E-state index >= 15 is 0 Å². The van der Waals surface area contributed by atoms with Crippen molar-refractivity contribution in [3.63, 3.8) is 0 Å². The zero-order chi connectivity index (χ0) is 11.0. The molecule has 82 valence electrons. The first kappa shape index (κ1) is 13.1. The van der Waals surface area contributed by atoms with Crippen molar-refractivity contribution in [2.24, 2.45) is 5.92 Å². The number of carbonyl (C=O) groups excluding carboxylic acids is 2. The second kappa shape index (κ2) is 7.54. The van der Waals surface area contributed by atoms with Gasteiger partial charge in [0.15, 0.2) is 0 Å². The maximum atomic E-state index is 11.2. The first-order valence-corrected chi connectivity index (χ1v) is 5.27. The molecule has 0 fully saturated rings. The Kier molecular flexibility index (Phi) is 7.07. The Bertz CT molecular complexity index is 167. The molecular weight excluding hydrogens is 180 g/mol. The van der Waals surface area contributed by atoms with Crippen molar-refractivity contribution in [2.75, 3.05) is 6.61 Å². The van der Waals surface area contributed by atoms with E-state index in [1.807, 2.05) is 13.8 Å². The first-order chi connectivity index (χ1) is 6.60. The van der Waals surface area contributed by atoms with E-state index in [1.54, 1.807) is 6.92 Å². The number of Topliss-reactive ketones (excluding diaryl/α,β-unsaturated/α-hetero) is 1. The molecule has 0 aliphatic rings. The number of hydrogen-bond donors (Lipinski definition) is 0. The Morgan fingerprint density at radius 3 is 2.36 bits per heavy atom. The Labute approximate surface area is 85.8 Å². The van der Waals surface area contributed by atoms with Crippen LogP contribution in [0.25, 0.3) is 0 Å². The van der Waals surface area contributed by atoms with Crippen molar-refractivity contribution in [1.82, 2.24) is 0 Å². The minimum absolute atomic E-state index is 0.105. The van der Waals surface area contributed by atoms with E-state index in [2.05, 4.69) is 0 Å². The third kappa shape index (κ3) is 6.63. The summed E-state index contributed by atoms with van der Waals surface area (Å²) < 4.78 is 4.80. The molecule has 0 rings (SSSR count). The fourth-order valence-corrected chi connectivity index (χ4v) is 1.35. The molecule has 3 nitrogen and oxygen atoms in total. The number of carbonyl (C=O) groups is 2. The van der Waals surface area contributed by atoms with Crippen LogP contribution in [0.5, 0.6) is 0 Å². The van der Waals surface area contributed by atoms with E-state index in [9.17, 15) is 9.59 Å². The summed E-state index contributed by atoms with van der Waals surface area (Å²) in [7, 11) is 0. The molecule has 0 N–H and O–H groups in total. The van der Waals surface area contributed by atoms with Crippen LogP contribution in [0.4, 0.5) is 0 Å². The van der Waals surface area contributed by atoms with Gasteiger partial charge in [-0.1, -0.05) is 13.8 Å². The van der Waals surface area contributed by atoms with E-state index in [1.165, 1.54) is 0 Å². The van der Waals surface area contributed by atoms with Crippen LogP contribution >= 0.6 is 0 Å². The highest BCUT2D eigenvalue weighted by molar-refractivity contribution is 5.79. The molecule has 0 aromatic heterocycles. The van der Waals surface area contributed by atoms with Gasteiger partial charge >= 0.3 is 5.97 Å². The van der Waals surface area contributed by atoms with Crippen molar-refractivity contribution < 1.29 is 14.3 Å². The number of hydrogen-bond acceptors (Lipinski definition) is 3. The highest BCUT2D eigenvalue weighted by atomic mass is 16.5. The van der Waals surface area contributed by atoms with Gasteiger partial charge in [0.2, 0.25) is 0 Å². The molecule has 0 bridgehead atoms. The predicted octanol–water partition coefficient (Wildman–Crippen LogP) is 2.33. The van der Waals surface area contributed by atoms with Crippen molar-refractivity contribution in [3.8, 4) is 0 Å². The molecule has 0 heterocycles. The average Bonchev–Trinajstić information content (AvgIpc) is 2.03. The van der Waals surface area contributed by atoms with Gasteiger partial charge < -0.3 is 4.74 Å². The van der Waals surface area contributed by atoms with Gasteiger partial charge in [-0.05, 0) is 19.3 Å². The molecule has 0 radical (unpaired) electrons. The molecular formula is C11H20O3. The first-order valence-electron chi connectivity index (χ1n) is 5.27. The molecule has 3 heteroatoms. The van der Waals surface area contributed by atoms with Crippen LogP contribution in [-0.2, 0) is 14.3 Å². The smallest absolute Gasteiger partial charge is 0.306 e. The van der Waals surface area contributed by atoms with E-state index in [-0.39, 0.29) is 17.7 Å². The number of rotatable bonds is 7. The fraction of sp³-hybridized carbons (Fsp3) is 0.818. The molecule has 14 heavy (non-hydrogen) atoms. The van der Waals surface area contributed by atoms with Crippen LogP contribution in [0.3, 0.4) is 0 Å². The van der Waals surface area contributed by atoms with Gasteiger partial charge in [-0.25, -0.2) is 0 Å². The van der Waals surface area contributed by atoms with Crippen LogP contribution in [0, 0.1) is 5.92 Å².